The van der Waals surface area contributed by atoms with Crippen molar-refractivity contribution in [1.29, 1.82) is 0 Å². The number of nitrogens with one attached hydrogen (secondary N) is 1. The molecule has 2 aromatic heterocycles. The number of halogens is 1. The van der Waals surface area contributed by atoms with E-state index in [1.54, 1.807) is 16.6 Å². The lowest BCUT2D eigenvalue weighted by Gasteiger charge is -2.07. The highest BCUT2D eigenvalue weighted by Crippen LogP contribution is 2.21. The molecule has 0 fully saturated rings. The number of benzene rings is 2. The third-order valence-corrected chi connectivity index (χ3v) is 4.20. The molecule has 26 heavy (non-hydrogen) atoms. The predicted octanol–water partition coefficient (Wildman–Crippen LogP) is 4.01. The molecule has 1 amide bonds. The number of rotatable bonds is 3. The van der Waals surface area contributed by atoms with E-state index in [1.807, 2.05) is 49.4 Å². The lowest BCUT2D eigenvalue weighted by atomic mass is 10.2. The fourth-order valence-corrected chi connectivity index (χ4v) is 2.83. The number of aryl methyl sites for hydroxylation is 1. The van der Waals surface area contributed by atoms with Crippen molar-refractivity contribution in [1.82, 2.24) is 19.6 Å². The Morgan fingerprint density at radius 2 is 1.92 bits per heavy atom. The standard InChI is InChI=1S/C19H14ClN5O/c1-12-16(18(26)22-15-8-3-2-4-9-15)11-21-19-23-17(24-25(12)19)13-6-5-7-14(20)10-13/h2-11H,1H3,(H,22,26). The van der Waals surface area contributed by atoms with Crippen molar-refractivity contribution >= 4 is 29.0 Å². The van der Waals surface area contributed by atoms with Gasteiger partial charge in [0.25, 0.3) is 11.7 Å². The summed E-state index contributed by atoms with van der Waals surface area (Å²) in [4.78, 5) is 21.3. The van der Waals surface area contributed by atoms with Gasteiger partial charge in [-0.1, -0.05) is 41.9 Å². The van der Waals surface area contributed by atoms with E-state index in [1.165, 1.54) is 6.20 Å². The van der Waals surface area contributed by atoms with Crippen molar-refractivity contribution in [3.05, 3.63) is 77.1 Å². The molecule has 1 N–H and O–H groups in total. The highest BCUT2D eigenvalue weighted by atomic mass is 35.5. The van der Waals surface area contributed by atoms with Gasteiger partial charge in [-0.25, -0.2) is 9.50 Å². The number of hydrogen-bond acceptors (Lipinski definition) is 4. The Bertz CT molecular complexity index is 1110. The van der Waals surface area contributed by atoms with Gasteiger partial charge in [-0.15, -0.1) is 5.10 Å². The number of nitrogens with zero attached hydrogens (tertiary/aromatic N) is 4. The number of anilines is 1. The van der Waals surface area contributed by atoms with Crippen LogP contribution in [-0.2, 0) is 0 Å². The fourth-order valence-electron chi connectivity index (χ4n) is 2.63. The zero-order valence-corrected chi connectivity index (χ0v) is 14.6. The summed E-state index contributed by atoms with van der Waals surface area (Å²) >= 11 is 6.04. The molecular weight excluding hydrogens is 350 g/mol. The van der Waals surface area contributed by atoms with Crippen LogP contribution in [0.3, 0.4) is 0 Å². The van der Waals surface area contributed by atoms with Gasteiger partial charge in [0.1, 0.15) is 0 Å². The van der Waals surface area contributed by atoms with Gasteiger partial charge in [-0.05, 0) is 31.2 Å². The van der Waals surface area contributed by atoms with E-state index in [-0.39, 0.29) is 5.91 Å². The monoisotopic (exact) mass is 363 g/mol. The summed E-state index contributed by atoms with van der Waals surface area (Å²) in [6.07, 6.45) is 1.51. The Morgan fingerprint density at radius 3 is 2.69 bits per heavy atom. The summed E-state index contributed by atoms with van der Waals surface area (Å²) in [6.45, 7) is 1.81. The number of para-hydroxylation sites is 1. The first kappa shape index (κ1) is 16.2. The van der Waals surface area contributed by atoms with Gasteiger partial charge in [0.15, 0.2) is 5.82 Å². The minimum absolute atomic E-state index is 0.247. The van der Waals surface area contributed by atoms with Crippen LogP contribution in [0.25, 0.3) is 17.2 Å². The van der Waals surface area contributed by atoms with E-state index in [4.69, 9.17) is 11.6 Å². The Morgan fingerprint density at radius 1 is 1.12 bits per heavy atom. The topological polar surface area (TPSA) is 72.2 Å². The van der Waals surface area contributed by atoms with E-state index in [0.717, 1.165) is 11.3 Å². The summed E-state index contributed by atoms with van der Waals surface area (Å²) in [7, 11) is 0. The van der Waals surface area contributed by atoms with Crippen LogP contribution in [0, 0.1) is 6.92 Å². The van der Waals surface area contributed by atoms with Gasteiger partial charge in [-0.3, -0.25) is 4.79 Å². The molecule has 0 atom stereocenters. The zero-order chi connectivity index (χ0) is 18.1. The molecular formula is C19H14ClN5O. The van der Waals surface area contributed by atoms with Gasteiger partial charge in [0.05, 0.1) is 11.3 Å². The van der Waals surface area contributed by atoms with Crippen LogP contribution in [0.15, 0.2) is 60.8 Å². The smallest absolute Gasteiger partial charge is 0.259 e. The summed E-state index contributed by atoms with van der Waals surface area (Å²) in [5.41, 5.74) is 2.60. The SMILES string of the molecule is Cc1c(C(=O)Nc2ccccc2)cnc2nc(-c3cccc(Cl)c3)nn12. The lowest BCUT2D eigenvalue weighted by molar-refractivity contribution is 0.102. The molecule has 0 bridgehead atoms. The van der Waals surface area contributed by atoms with Crippen molar-refractivity contribution in [2.75, 3.05) is 5.32 Å². The van der Waals surface area contributed by atoms with Crippen molar-refractivity contribution in [2.45, 2.75) is 6.92 Å². The van der Waals surface area contributed by atoms with Crippen LogP contribution in [0.4, 0.5) is 5.69 Å². The third-order valence-electron chi connectivity index (χ3n) is 3.97. The molecule has 2 heterocycles. The molecule has 2 aromatic carbocycles. The van der Waals surface area contributed by atoms with E-state index in [0.29, 0.717) is 27.9 Å². The van der Waals surface area contributed by atoms with Crippen LogP contribution in [-0.4, -0.2) is 25.5 Å². The Labute approximate surface area is 154 Å². The van der Waals surface area contributed by atoms with Crippen molar-refractivity contribution < 1.29 is 4.79 Å². The molecule has 0 saturated carbocycles. The number of fused-ring (bicyclic) bond motifs is 1. The maximum atomic E-state index is 12.6. The van der Waals surface area contributed by atoms with Gasteiger partial charge in [0.2, 0.25) is 0 Å². The molecule has 0 aliphatic carbocycles. The summed E-state index contributed by atoms with van der Waals surface area (Å²) in [5.74, 6) is 0.681. The molecule has 0 saturated heterocycles. The number of hydrogen-bond donors (Lipinski definition) is 1. The van der Waals surface area contributed by atoms with Crippen LogP contribution in [0.5, 0.6) is 0 Å². The predicted molar refractivity (Wildman–Crippen MR) is 100 cm³/mol. The van der Waals surface area contributed by atoms with Crippen molar-refractivity contribution in [3.63, 3.8) is 0 Å². The second-order valence-corrected chi connectivity index (χ2v) is 6.17. The Hall–Kier alpha value is -3.25. The molecule has 128 valence electrons. The molecule has 0 spiro atoms. The molecule has 0 aliphatic heterocycles. The second-order valence-electron chi connectivity index (χ2n) is 5.73. The van der Waals surface area contributed by atoms with E-state index in [9.17, 15) is 4.79 Å². The molecule has 7 heteroatoms. The Balaban J connectivity index is 1.72. The lowest BCUT2D eigenvalue weighted by Crippen LogP contribution is -2.16. The van der Waals surface area contributed by atoms with Crippen LogP contribution < -0.4 is 5.32 Å². The first-order valence-corrected chi connectivity index (χ1v) is 8.34. The van der Waals surface area contributed by atoms with Gasteiger partial charge < -0.3 is 5.32 Å². The van der Waals surface area contributed by atoms with Crippen molar-refractivity contribution in [3.8, 4) is 11.4 Å². The molecule has 0 radical (unpaired) electrons. The minimum Gasteiger partial charge on any atom is -0.322 e. The number of amides is 1. The van der Waals surface area contributed by atoms with E-state index in [2.05, 4.69) is 20.4 Å². The molecule has 0 unspecified atom stereocenters. The largest absolute Gasteiger partial charge is 0.322 e. The average Bonchev–Trinajstić information content (AvgIpc) is 3.08. The zero-order valence-electron chi connectivity index (χ0n) is 13.8. The summed E-state index contributed by atoms with van der Waals surface area (Å²) in [6, 6.07) is 16.5. The van der Waals surface area contributed by atoms with E-state index >= 15 is 0 Å². The summed E-state index contributed by atoms with van der Waals surface area (Å²) < 4.78 is 1.57. The second kappa shape index (κ2) is 6.57. The highest BCUT2D eigenvalue weighted by Gasteiger charge is 2.16. The normalized spacial score (nSPS) is 10.8. The summed E-state index contributed by atoms with van der Waals surface area (Å²) in [5, 5.41) is 7.94. The number of carbonyl (C=O) groups excluding carboxylic acids is 1. The van der Waals surface area contributed by atoms with Crippen LogP contribution in [0.1, 0.15) is 16.1 Å². The quantitative estimate of drug-likeness (QED) is 0.597. The van der Waals surface area contributed by atoms with E-state index < -0.39 is 0 Å². The maximum Gasteiger partial charge on any atom is 0.259 e. The molecule has 0 aliphatic rings. The first-order chi connectivity index (χ1) is 12.6. The molecule has 4 rings (SSSR count). The number of carbonyl (C=O) groups is 1. The van der Waals surface area contributed by atoms with Crippen molar-refractivity contribution in [2.24, 2.45) is 0 Å². The number of aromatic nitrogens is 4. The van der Waals surface area contributed by atoms with Crippen LogP contribution >= 0.6 is 11.6 Å². The highest BCUT2D eigenvalue weighted by molar-refractivity contribution is 6.30. The third kappa shape index (κ3) is 3.02. The van der Waals surface area contributed by atoms with Gasteiger partial charge in [0, 0.05) is 22.5 Å². The first-order valence-electron chi connectivity index (χ1n) is 7.96. The van der Waals surface area contributed by atoms with Crippen LogP contribution in [0.2, 0.25) is 5.02 Å². The Kier molecular flexibility index (Phi) is 4.10. The molecule has 4 aromatic rings. The maximum absolute atomic E-state index is 12.6. The van der Waals surface area contributed by atoms with Gasteiger partial charge in [-0.2, -0.15) is 4.98 Å². The van der Waals surface area contributed by atoms with Gasteiger partial charge >= 0.3 is 0 Å². The average molecular weight is 364 g/mol. The molecule has 6 nitrogen and oxygen atoms in total. The minimum atomic E-state index is -0.247. The fraction of sp³-hybridized carbons (Fsp3) is 0.0526.